The van der Waals surface area contributed by atoms with E-state index in [0.717, 1.165) is 0 Å². The van der Waals surface area contributed by atoms with Crippen molar-refractivity contribution in [2.75, 3.05) is 5.88 Å². The molecule has 0 heterocycles. The molecule has 1 unspecified atom stereocenters. The first-order chi connectivity index (χ1) is 7.15. The summed E-state index contributed by atoms with van der Waals surface area (Å²) in [4.78, 5) is 21.7. The van der Waals surface area contributed by atoms with Gasteiger partial charge in [-0.15, -0.1) is 11.6 Å². The predicted octanol–water partition coefficient (Wildman–Crippen LogP) is 1.59. The molecular formula is C10H9ClO4. The highest BCUT2D eigenvalue weighted by atomic mass is 35.5. The molecule has 1 rings (SSSR count). The third-order valence-electron chi connectivity index (χ3n) is 1.69. The van der Waals surface area contributed by atoms with Gasteiger partial charge >= 0.3 is 11.9 Å². The van der Waals surface area contributed by atoms with Crippen molar-refractivity contribution in [1.29, 1.82) is 0 Å². The van der Waals surface area contributed by atoms with Crippen LogP contribution in [-0.2, 0) is 14.3 Å². The Morgan fingerprint density at radius 2 is 1.93 bits per heavy atom. The molecule has 0 spiro atoms. The number of aliphatic carboxylic acids is 1. The number of carboxylic acids is 1. The largest absolute Gasteiger partial charge is 0.478 e. The van der Waals surface area contributed by atoms with Crippen molar-refractivity contribution in [3.63, 3.8) is 0 Å². The van der Waals surface area contributed by atoms with Gasteiger partial charge in [-0.2, -0.15) is 0 Å². The van der Waals surface area contributed by atoms with E-state index in [1.807, 2.05) is 0 Å². The van der Waals surface area contributed by atoms with E-state index in [9.17, 15) is 9.59 Å². The van der Waals surface area contributed by atoms with E-state index in [-0.39, 0.29) is 5.88 Å². The number of hydrogen-bond acceptors (Lipinski definition) is 3. The standard InChI is InChI=1S/C10H9ClO4/c11-6-8(12)15-9(10(13)14)7-4-2-1-3-5-7/h1-5,9H,6H2,(H,13,14). The molecule has 15 heavy (non-hydrogen) atoms. The van der Waals surface area contributed by atoms with E-state index in [0.29, 0.717) is 5.56 Å². The van der Waals surface area contributed by atoms with Crippen molar-refractivity contribution in [2.45, 2.75) is 6.10 Å². The van der Waals surface area contributed by atoms with Gasteiger partial charge in [0.1, 0.15) is 5.88 Å². The minimum Gasteiger partial charge on any atom is -0.478 e. The second-order valence-corrected chi connectivity index (χ2v) is 3.02. The predicted molar refractivity (Wildman–Crippen MR) is 53.6 cm³/mol. The normalized spacial score (nSPS) is 11.8. The van der Waals surface area contributed by atoms with Crippen molar-refractivity contribution in [3.8, 4) is 0 Å². The average molecular weight is 229 g/mol. The summed E-state index contributed by atoms with van der Waals surface area (Å²) < 4.78 is 4.68. The molecule has 0 bridgehead atoms. The highest BCUT2D eigenvalue weighted by Gasteiger charge is 2.23. The Morgan fingerprint density at radius 1 is 1.33 bits per heavy atom. The van der Waals surface area contributed by atoms with Gasteiger partial charge in [0.25, 0.3) is 0 Å². The van der Waals surface area contributed by atoms with Gasteiger partial charge in [0.05, 0.1) is 0 Å². The zero-order valence-electron chi connectivity index (χ0n) is 7.72. The molecule has 1 aromatic rings. The summed E-state index contributed by atoms with van der Waals surface area (Å²) in [6.45, 7) is 0. The van der Waals surface area contributed by atoms with Crippen LogP contribution in [0.5, 0.6) is 0 Å². The SMILES string of the molecule is O=C(CCl)OC(C(=O)O)c1ccccc1. The van der Waals surface area contributed by atoms with Gasteiger partial charge < -0.3 is 9.84 Å². The summed E-state index contributed by atoms with van der Waals surface area (Å²) in [5.74, 6) is -2.34. The topological polar surface area (TPSA) is 63.6 Å². The Hall–Kier alpha value is -1.55. The lowest BCUT2D eigenvalue weighted by molar-refractivity contribution is -0.162. The van der Waals surface area contributed by atoms with Gasteiger partial charge in [-0.25, -0.2) is 4.79 Å². The summed E-state index contributed by atoms with van der Waals surface area (Å²) in [6, 6.07) is 8.21. The van der Waals surface area contributed by atoms with Crippen molar-refractivity contribution in [3.05, 3.63) is 35.9 Å². The van der Waals surface area contributed by atoms with Crippen LogP contribution >= 0.6 is 11.6 Å². The molecular weight excluding hydrogens is 220 g/mol. The van der Waals surface area contributed by atoms with Crippen LogP contribution in [0.2, 0.25) is 0 Å². The van der Waals surface area contributed by atoms with Crippen molar-refractivity contribution < 1.29 is 19.4 Å². The van der Waals surface area contributed by atoms with Crippen LogP contribution in [0.1, 0.15) is 11.7 Å². The number of carbonyl (C=O) groups excluding carboxylic acids is 1. The van der Waals surface area contributed by atoms with Crippen LogP contribution in [0.3, 0.4) is 0 Å². The molecule has 5 heteroatoms. The van der Waals surface area contributed by atoms with E-state index in [1.165, 1.54) is 0 Å². The Bertz CT molecular complexity index is 350. The second-order valence-electron chi connectivity index (χ2n) is 2.75. The minimum absolute atomic E-state index is 0.364. The molecule has 0 aliphatic carbocycles. The summed E-state index contributed by atoms with van der Waals surface area (Å²) in [6.07, 6.45) is -1.29. The molecule has 0 amide bonds. The number of halogens is 1. The molecule has 1 aromatic carbocycles. The molecule has 1 atom stereocenters. The summed E-state index contributed by atoms with van der Waals surface area (Å²) in [7, 11) is 0. The number of ether oxygens (including phenoxy) is 1. The average Bonchev–Trinajstić information content (AvgIpc) is 2.26. The van der Waals surface area contributed by atoms with Crippen molar-refractivity contribution >= 4 is 23.5 Å². The van der Waals surface area contributed by atoms with E-state index < -0.39 is 18.0 Å². The number of carbonyl (C=O) groups is 2. The third kappa shape index (κ3) is 3.25. The molecule has 0 aliphatic heterocycles. The van der Waals surface area contributed by atoms with E-state index in [4.69, 9.17) is 16.7 Å². The van der Waals surface area contributed by atoms with E-state index in [1.54, 1.807) is 30.3 Å². The molecule has 4 nitrogen and oxygen atoms in total. The minimum atomic E-state index is -1.29. The second kappa shape index (κ2) is 5.36. The number of hydrogen-bond donors (Lipinski definition) is 1. The molecule has 0 radical (unpaired) electrons. The van der Waals surface area contributed by atoms with Gasteiger partial charge in [0, 0.05) is 5.56 Å². The van der Waals surface area contributed by atoms with Crippen LogP contribution in [-0.4, -0.2) is 22.9 Å². The lowest BCUT2D eigenvalue weighted by Gasteiger charge is -2.12. The van der Waals surface area contributed by atoms with Crippen LogP contribution < -0.4 is 0 Å². The Labute approximate surface area is 91.4 Å². The van der Waals surface area contributed by atoms with Crippen molar-refractivity contribution in [1.82, 2.24) is 0 Å². The fraction of sp³-hybridized carbons (Fsp3) is 0.200. The van der Waals surface area contributed by atoms with Crippen LogP contribution in [0.4, 0.5) is 0 Å². The monoisotopic (exact) mass is 228 g/mol. The lowest BCUT2D eigenvalue weighted by Crippen LogP contribution is -2.19. The molecule has 0 saturated heterocycles. The van der Waals surface area contributed by atoms with E-state index >= 15 is 0 Å². The zero-order chi connectivity index (χ0) is 11.3. The molecule has 0 aromatic heterocycles. The number of esters is 1. The van der Waals surface area contributed by atoms with Crippen LogP contribution in [0.25, 0.3) is 0 Å². The van der Waals surface area contributed by atoms with Crippen LogP contribution in [0.15, 0.2) is 30.3 Å². The molecule has 1 N–H and O–H groups in total. The van der Waals surface area contributed by atoms with Gasteiger partial charge in [-0.05, 0) is 0 Å². The van der Waals surface area contributed by atoms with Gasteiger partial charge in [-0.3, -0.25) is 4.79 Å². The van der Waals surface area contributed by atoms with Gasteiger partial charge in [0.2, 0.25) is 6.10 Å². The number of carboxylic acid groups (broad SMARTS) is 1. The third-order valence-corrected chi connectivity index (χ3v) is 1.90. The smallest absolute Gasteiger partial charge is 0.349 e. The lowest BCUT2D eigenvalue weighted by atomic mass is 10.1. The highest BCUT2D eigenvalue weighted by Crippen LogP contribution is 2.17. The Morgan fingerprint density at radius 3 is 2.40 bits per heavy atom. The van der Waals surface area contributed by atoms with Crippen molar-refractivity contribution in [2.24, 2.45) is 0 Å². The zero-order valence-corrected chi connectivity index (χ0v) is 8.48. The number of alkyl halides is 1. The maximum Gasteiger partial charge on any atom is 0.349 e. The fourth-order valence-electron chi connectivity index (χ4n) is 1.05. The maximum atomic E-state index is 10.9. The van der Waals surface area contributed by atoms with Gasteiger partial charge in [0.15, 0.2) is 0 Å². The summed E-state index contributed by atoms with van der Waals surface area (Å²) >= 11 is 5.22. The molecule has 0 aliphatic rings. The fourth-order valence-corrected chi connectivity index (χ4v) is 1.11. The first-order valence-electron chi connectivity index (χ1n) is 4.18. The molecule has 0 fully saturated rings. The number of rotatable bonds is 4. The summed E-state index contributed by atoms with van der Waals surface area (Å²) in [5, 5.41) is 8.85. The molecule has 80 valence electrons. The Kier molecular flexibility index (Phi) is 4.12. The van der Waals surface area contributed by atoms with Crippen LogP contribution in [0, 0.1) is 0 Å². The maximum absolute atomic E-state index is 10.9. The number of benzene rings is 1. The first kappa shape index (κ1) is 11.5. The Balaban J connectivity index is 2.84. The van der Waals surface area contributed by atoms with E-state index in [2.05, 4.69) is 4.74 Å². The molecule has 0 saturated carbocycles. The highest BCUT2D eigenvalue weighted by molar-refractivity contribution is 6.26. The quantitative estimate of drug-likeness (QED) is 0.628. The van der Waals surface area contributed by atoms with Gasteiger partial charge in [-0.1, -0.05) is 30.3 Å². The summed E-state index contributed by atoms with van der Waals surface area (Å²) in [5.41, 5.74) is 0.406. The first-order valence-corrected chi connectivity index (χ1v) is 4.72.